The molecule has 3 unspecified atom stereocenters. The largest absolute Gasteiger partial charge is 0.312 e. The van der Waals surface area contributed by atoms with Crippen LogP contribution in [0.15, 0.2) is 0 Å². The van der Waals surface area contributed by atoms with Gasteiger partial charge in [-0.3, -0.25) is 0 Å². The van der Waals surface area contributed by atoms with E-state index in [9.17, 15) is 0 Å². The predicted octanol–water partition coefficient (Wildman–Crippen LogP) is 5.64. The highest BCUT2D eigenvalue weighted by Crippen LogP contribution is 2.39. The van der Waals surface area contributed by atoms with Crippen LogP contribution in [0.3, 0.4) is 0 Å². The summed E-state index contributed by atoms with van der Waals surface area (Å²) in [7, 11) is 0. The molecule has 0 aliphatic heterocycles. The van der Waals surface area contributed by atoms with Crippen LogP contribution in [-0.2, 0) is 0 Å². The van der Waals surface area contributed by atoms with Gasteiger partial charge in [-0.15, -0.1) is 0 Å². The second kappa shape index (κ2) is 7.29. The van der Waals surface area contributed by atoms with Gasteiger partial charge in [-0.2, -0.15) is 0 Å². The molecule has 0 heterocycles. The SMILES string of the molecule is CCC1CCC(CNC(C)(C)C)C(CCC(C)(C)C)C1. The van der Waals surface area contributed by atoms with E-state index in [1.54, 1.807) is 0 Å². The molecule has 1 rings (SSSR count). The Hall–Kier alpha value is -0.0400. The van der Waals surface area contributed by atoms with Gasteiger partial charge in [0.15, 0.2) is 0 Å². The topological polar surface area (TPSA) is 12.0 Å². The Bertz CT molecular complexity index is 268. The Kier molecular flexibility index (Phi) is 6.57. The third kappa shape index (κ3) is 7.11. The van der Waals surface area contributed by atoms with Crippen LogP contribution in [0.25, 0.3) is 0 Å². The predicted molar refractivity (Wildman–Crippen MR) is 91.1 cm³/mol. The molecule has 1 heteroatoms. The first-order valence-electron chi connectivity index (χ1n) is 8.86. The van der Waals surface area contributed by atoms with E-state index in [2.05, 4.69) is 53.8 Å². The Morgan fingerprint density at radius 1 is 0.950 bits per heavy atom. The van der Waals surface area contributed by atoms with Gasteiger partial charge in [0.25, 0.3) is 0 Å². The molecule has 0 bridgehead atoms. The summed E-state index contributed by atoms with van der Waals surface area (Å²) in [6.07, 6.45) is 8.56. The molecule has 1 aliphatic carbocycles. The molecular weight excluding hydrogens is 242 g/mol. The molecule has 3 atom stereocenters. The van der Waals surface area contributed by atoms with Gasteiger partial charge >= 0.3 is 0 Å². The van der Waals surface area contributed by atoms with E-state index in [4.69, 9.17) is 0 Å². The molecular formula is C19H39N. The highest BCUT2D eigenvalue weighted by atomic mass is 14.9. The van der Waals surface area contributed by atoms with Crippen LogP contribution in [0.4, 0.5) is 0 Å². The second-order valence-corrected chi connectivity index (χ2v) is 9.34. The summed E-state index contributed by atoms with van der Waals surface area (Å²) in [5, 5.41) is 3.75. The van der Waals surface area contributed by atoms with E-state index >= 15 is 0 Å². The third-order valence-electron chi connectivity index (χ3n) is 4.99. The van der Waals surface area contributed by atoms with Crippen molar-refractivity contribution >= 4 is 0 Å². The van der Waals surface area contributed by atoms with Crippen LogP contribution in [0.5, 0.6) is 0 Å². The van der Waals surface area contributed by atoms with Crippen molar-refractivity contribution in [3.8, 4) is 0 Å². The summed E-state index contributed by atoms with van der Waals surface area (Å²) >= 11 is 0. The lowest BCUT2D eigenvalue weighted by Crippen LogP contribution is -2.42. The van der Waals surface area contributed by atoms with Crippen molar-refractivity contribution < 1.29 is 0 Å². The van der Waals surface area contributed by atoms with Crippen molar-refractivity contribution in [2.45, 2.75) is 92.5 Å². The van der Waals surface area contributed by atoms with Crippen molar-refractivity contribution in [1.82, 2.24) is 5.32 Å². The fraction of sp³-hybridized carbons (Fsp3) is 1.00. The molecule has 1 nitrogen and oxygen atoms in total. The van der Waals surface area contributed by atoms with E-state index in [1.807, 2.05) is 0 Å². The maximum atomic E-state index is 3.75. The molecule has 1 aliphatic rings. The zero-order valence-electron chi connectivity index (χ0n) is 15.2. The maximum Gasteiger partial charge on any atom is 0.00966 e. The minimum Gasteiger partial charge on any atom is -0.312 e. The molecule has 0 radical (unpaired) electrons. The lowest BCUT2D eigenvalue weighted by Gasteiger charge is -2.39. The molecule has 0 spiro atoms. The molecule has 0 amide bonds. The monoisotopic (exact) mass is 281 g/mol. The van der Waals surface area contributed by atoms with Crippen molar-refractivity contribution in [1.29, 1.82) is 0 Å². The fourth-order valence-corrected chi connectivity index (χ4v) is 3.47. The van der Waals surface area contributed by atoms with E-state index in [-0.39, 0.29) is 5.54 Å². The van der Waals surface area contributed by atoms with Gasteiger partial charge < -0.3 is 5.32 Å². The van der Waals surface area contributed by atoms with Crippen LogP contribution in [0.2, 0.25) is 0 Å². The van der Waals surface area contributed by atoms with Crippen LogP contribution in [0, 0.1) is 23.2 Å². The minimum absolute atomic E-state index is 0.260. The van der Waals surface area contributed by atoms with E-state index < -0.39 is 0 Å². The van der Waals surface area contributed by atoms with Gasteiger partial charge in [0.05, 0.1) is 0 Å². The number of nitrogens with one attached hydrogen (secondary N) is 1. The number of rotatable bonds is 5. The lowest BCUT2D eigenvalue weighted by atomic mass is 9.70. The molecule has 120 valence electrons. The third-order valence-corrected chi connectivity index (χ3v) is 4.99. The second-order valence-electron chi connectivity index (χ2n) is 9.34. The zero-order chi connectivity index (χ0) is 15.4. The normalized spacial score (nSPS) is 28.6. The summed E-state index contributed by atoms with van der Waals surface area (Å²) in [6, 6.07) is 0. The van der Waals surface area contributed by atoms with Gasteiger partial charge in [-0.1, -0.05) is 40.5 Å². The van der Waals surface area contributed by atoms with Crippen LogP contribution in [-0.4, -0.2) is 12.1 Å². The van der Waals surface area contributed by atoms with Crippen LogP contribution in [0.1, 0.15) is 87.0 Å². The smallest absolute Gasteiger partial charge is 0.00966 e. The first-order chi connectivity index (χ1) is 9.11. The van der Waals surface area contributed by atoms with Gasteiger partial charge in [0.2, 0.25) is 0 Å². The van der Waals surface area contributed by atoms with Gasteiger partial charge in [0.1, 0.15) is 0 Å². The summed E-state index contributed by atoms with van der Waals surface area (Å²) in [5.41, 5.74) is 0.747. The Balaban J connectivity index is 2.55. The summed E-state index contributed by atoms with van der Waals surface area (Å²) in [4.78, 5) is 0. The van der Waals surface area contributed by atoms with E-state index in [0.717, 1.165) is 17.8 Å². The standard InChI is InChI=1S/C19H39N/c1-8-15-9-10-17(14-20-19(5,6)7)16(13-15)11-12-18(2,3)4/h15-17,20H,8-14H2,1-7H3. The molecule has 1 fully saturated rings. The number of hydrogen-bond acceptors (Lipinski definition) is 1. The van der Waals surface area contributed by atoms with Crippen LogP contribution < -0.4 is 5.32 Å². The van der Waals surface area contributed by atoms with Gasteiger partial charge in [-0.05, 0) is 76.2 Å². The lowest BCUT2D eigenvalue weighted by molar-refractivity contribution is 0.141. The highest BCUT2D eigenvalue weighted by Gasteiger charge is 2.31. The van der Waals surface area contributed by atoms with Crippen molar-refractivity contribution in [2.24, 2.45) is 23.2 Å². The summed E-state index contributed by atoms with van der Waals surface area (Å²) < 4.78 is 0. The van der Waals surface area contributed by atoms with Crippen molar-refractivity contribution in [3.05, 3.63) is 0 Å². The fourth-order valence-electron chi connectivity index (χ4n) is 3.47. The highest BCUT2D eigenvalue weighted by molar-refractivity contribution is 4.84. The molecule has 0 saturated heterocycles. The average molecular weight is 282 g/mol. The quantitative estimate of drug-likeness (QED) is 0.687. The van der Waals surface area contributed by atoms with Crippen molar-refractivity contribution in [2.75, 3.05) is 6.54 Å². The van der Waals surface area contributed by atoms with E-state index in [0.29, 0.717) is 5.41 Å². The molecule has 0 aromatic rings. The Labute approximate surface area is 128 Å². The molecule has 0 aromatic heterocycles. The van der Waals surface area contributed by atoms with Crippen molar-refractivity contribution in [3.63, 3.8) is 0 Å². The summed E-state index contributed by atoms with van der Waals surface area (Å²) in [5.74, 6) is 2.84. The Morgan fingerprint density at radius 2 is 1.60 bits per heavy atom. The Morgan fingerprint density at radius 3 is 2.10 bits per heavy atom. The molecule has 1 N–H and O–H groups in total. The minimum atomic E-state index is 0.260. The zero-order valence-corrected chi connectivity index (χ0v) is 15.2. The molecule has 1 saturated carbocycles. The van der Waals surface area contributed by atoms with Gasteiger partial charge in [-0.25, -0.2) is 0 Å². The van der Waals surface area contributed by atoms with E-state index in [1.165, 1.54) is 45.1 Å². The first kappa shape index (κ1) is 18.0. The first-order valence-corrected chi connectivity index (χ1v) is 8.86. The number of hydrogen-bond donors (Lipinski definition) is 1. The molecule has 20 heavy (non-hydrogen) atoms. The average Bonchev–Trinajstić information content (AvgIpc) is 2.32. The van der Waals surface area contributed by atoms with Gasteiger partial charge in [0, 0.05) is 5.54 Å². The summed E-state index contributed by atoms with van der Waals surface area (Å²) in [6.45, 7) is 17.6. The van der Waals surface area contributed by atoms with Crippen LogP contribution >= 0.6 is 0 Å². The molecule has 0 aromatic carbocycles. The maximum absolute atomic E-state index is 3.75.